The molecule has 1 aliphatic rings. The molecule has 0 aliphatic carbocycles. The van der Waals surface area contributed by atoms with E-state index >= 15 is 0 Å². The number of aromatic nitrogens is 1. The molecule has 3 N–H and O–H groups in total. The molecule has 1 aromatic heterocycles. The molecule has 0 saturated carbocycles. The van der Waals surface area contributed by atoms with Gasteiger partial charge in [0.05, 0.1) is 6.20 Å². The van der Waals surface area contributed by atoms with Gasteiger partial charge in [-0.3, -0.25) is 4.79 Å². The van der Waals surface area contributed by atoms with Crippen LogP contribution in [-0.4, -0.2) is 29.6 Å². The molecule has 0 atom stereocenters. The summed E-state index contributed by atoms with van der Waals surface area (Å²) in [5, 5.41) is 2.89. The Kier molecular flexibility index (Phi) is 5.41. The lowest BCUT2D eigenvalue weighted by atomic mass is 9.90. The van der Waals surface area contributed by atoms with Gasteiger partial charge in [-0.05, 0) is 37.5 Å². The molecule has 1 amide bonds. The predicted molar refractivity (Wildman–Crippen MR) is 89.5 cm³/mol. The highest BCUT2D eigenvalue weighted by Gasteiger charge is 2.35. The molecule has 0 bridgehead atoms. The summed E-state index contributed by atoms with van der Waals surface area (Å²) < 4.78 is 10.6. The topological polar surface area (TPSA) is 90.4 Å². The first-order valence-corrected chi connectivity index (χ1v) is 7.27. The van der Waals surface area contributed by atoms with Crippen molar-refractivity contribution in [2.75, 3.05) is 18.5 Å². The summed E-state index contributed by atoms with van der Waals surface area (Å²) in [4.78, 5) is 16.6. The first-order chi connectivity index (χ1) is 10.6. The maximum atomic E-state index is 12.4. The molecule has 2 aromatic rings. The van der Waals surface area contributed by atoms with Crippen LogP contribution in [0.4, 0.5) is 5.69 Å². The molecule has 1 aliphatic heterocycles. The molecule has 23 heavy (non-hydrogen) atoms. The normalized spacial score (nSPS) is 16.4. The largest absolute Gasteiger partial charge is 0.445 e. The number of benzene rings is 1. The molecule has 3 rings (SSSR count). The minimum atomic E-state index is -0.869. The van der Waals surface area contributed by atoms with Gasteiger partial charge in [0.15, 0.2) is 0 Å². The third-order valence-electron chi connectivity index (χ3n) is 4.00. The van der Waals surface area contributed by atoms with Crippen molar-refractivity contribution >= 4 is 24.0 Å². The Hall–Kier alpha value is -1.89. The zero-order valence-electron chi connectivity index (χ0n) is 12.9. The molecule has 1 fully saturated rings. The smallest absolute Gasteiger partial charge is 0.244 e. The Morgan fingerprint density at radius 2 is 2.09 bits per heavy atom. The molecule has 0 radical (unpaired) electrons. The number of hydrogen-bond donors (Lipinski definition) is 2. The Labute approximate surface area is 140 Å². The minimum Gasteiger partial charge on any atom is -0.445 e. The van der Waals surface area contributed by atoms with Gasteiger partial charge < -0.3 is 20.2 Å². The van der Waals surface area contributed by atoms with E-state index < -0.39 is 5.54 Å². The van der Waals surface area contributed by atoms with Gasteiger partial charge in [-0.1, -0.05) is 6.07 Å². The third-order valence-corrected chi connectivity index (χ3v) is 4.00. The number of nitrogens with one attached hydrogen (secondary N) is 1. The second-order valence-electron chi connectivity index (χ2n) is 5.59. The van der Waals surface area contributed by atoms with Gasteiger partial charge in [0.2, 0.25) is 11.8 Å². The van der Waals surface area contributed by atoms with Crippen molar-refractivity contribution in [2.45, 2.75) is 25.3 Å². The van der Waals surface area contributed by atoms with Crippen LogP contribution < -0.4 is 11.1 Å². The first-order valence-electron chi connectivity index (χ1n) is 7.27. The predicted octanol–water partition coefficient (Wildman–Crippen LogP) is 2.52. The van der Waals surface area contributed by atoms with E-state index in [9.17, 15) is 4.79 Å². The second kappa shape index (κ2) is 7.12. The molecule has 124 valence electrons. The highest BCUT2D eigenvalue weighted by atomic mass is 35.5. The molecular weight excluding hydrogens is 318 g/mol. The van der Waals surface area contributed by atoms with Crippen LogP contribution in [0.25, 0.3) is 11.5 Å². The first kappa shape index (κ1) is 17.5. The number of oxazole rings is 1. The Morgan fingerprint density at radius 1 is 1.35 bits per heavy atom. The van der Waals surface area contributed by atoms with Crippen LogP contribution >= 0.6 is 12.4 Å². The molecule has 2 heterocycles. The standard InChI is InChI=1S/C16H19N3O3.ClH/c1-11-2-3-12(10-13(11)14-18-6-9-22-14)19-15(20)16(17)4-7-21-8-5-16;/h2-3,6,9-10H,4-5,7-8,17H2,1H3,(H,19,20);1H. The van der Waals surface area contributed by atoms with Gasteiger partial charge in [-0.25, -0.2) is 4.98 Å². The second-order valence-corrected chi connectivity index (χ2v) is 5.59. The fourth-order valence-corrected chi connectivity index (χ4v) is 2.50. The number of hydrogen-bond acceptors (Lipinski definition) is 5. The Balaban J connectivity index is 0.00000192. The number of carbonyl (C=O) groups is 1. The van der Waals surface area contributed by atoms with E-state index in [1.54, 1.807) is 6.20 Å². The van der Waals surface area contributed by atoms with E-state index in [-0.39, 0.29) is 18.3 Å². The number of nitrogens with zero attached hydrogens (tertiary/aromatic N) is 1. The van der Waals surface area contributed by atoms with Crippen LogP contribution in [0.3, 0.4) is 0 Å². The van der Waals surface area contributed by atoms with Crippen LogP contribution in [0.15, 0.2) is 35.1 Å². The number of nitrogens with two attached hydrogens (primary N) is 1. The highest BCUT2D eigenvalue weighted by molar-refractivity contribution is 5.98. The Bertz CT molecular complexity index is 667. The van der Waals surface area contributed by atoms with Crippen molar-refractivity contribution in [1.29, 1.82) is 0 Å². The minimum absolute atomic E-state index is 0. The van der Waals surface area contributed by atoms with Crippen molar-refractivity contribution in [3.63, 3.8) is 0 Å². The molecule has 7 heteroatoms. The lowest BCUT2D eigenvalue weighted by Crippen LogP contribution is -2.54. The zero-order chi connectivity index (χ0) is 15.6. The number of anilines is 1. The zero-order valence-corrected chi connectivity index (χ0v) is 13.7. The average Bonchev–Trinajstić information content (AvgIpc) is 3.04. The third kappa shape index (κ3) is 3.72. The van der Waals surface area contributed by atoms with Gasteiger partial charge in [0, 0.05) is 24.5 Å². The van der Waals surface area contributed by atoms with E-state index in [4.69, 9.17) is 14.9 Å². The van der Waals surface area contributed by atoms with Crippen LogP contribution in [-0.2, 0) is 9.53 Å². The van der Waals surface area contributed by atoms with Gasteiger partial charge in [0.25, 0.3) is 0 Å². The summed E-state index contributed by atoms with van der Waals surface area (Å²) >= 11 is 0. The van der Waals surface area contributed by atoms with Crippen LogP contribution in [0, 0.1) is 6.92 Å². The molecule has 1 aromatic carbocycles. The van der Waals surface area contributed by atoms with Crippen molar-refractivity contribution < 1.29 is 13.9 Å². The molecular formula is C16H20ClN3O3. The van der Waals surface area contributed by atoms with Gasteiger partial charge >= 0.3 is 0 Å². The number of amides is 1. The van der Waals surface area contributed by atoms with Gasteiger partial charge in [0.1, 0.15) is 11.8 Å². The highest BCUT2D eigenvalue weighted by Crippen LogP contribution is 2.26. The number of halogens is 1. The molecule has 6 nitrogen and oxygen atoms in total. The molecule has 0 unspecified atom stereocenters. The van der Waals surface area contributed by atoms with Crippen molar-refractivity contribution in [3.05, 3.63) is 36.2 Å². The van der Waals surface area contributed by atoms with E-state index in [0.717, 1.165) is 11.1 Å². The SMILES string of the molecule is Cc1ccc(NC(=O)C2(N)CCOCC2)cc1-c1ncco1.Cl. The summed E-state index contributed by atoms with van der Waals surface area (Å²) in [6.07, 6.45) is 4.17. The maximum absolute atomic E-state index is 12.4. The molecule has 1 saturated heterocycles. The lowest BCUT2D eigenvalue weighted by molar-refractivity contribution is -0.124. The Morgan fingerprint density at radius 3 is 2.74 bits per heavy atom. The fourth-order valence-electron chi connectivity index (χ4n) is 2.50. The maximum Gasteiger partial charge on any atom is 0.244 e. The number of ether oxygens (including phenoxy) is 1. The fraction of sp³-hybridized carbons (Fsp3) is 0.375. The van der Waals surface area contributed by atoms with Crippen LogP contribution in [0.5, 0.6) is 0 Å². The average molecular weight is 338 g/mol. The summed E-state index contributed by atoms with van der Waals surface area (Å²) in [7, 11) is 0. The summed E-state index contributed by atoms with van der Waals surface area (Å²) in [6.45, 7) is 2.99. The van der Waals surface area contributed by atoms with Crippen LogP contribution in [0.1, 0.15) is 18.4 Å². The van der Waals surface area contributed by atoms with E-state index in [0.29, 0.717) is 37.6 Å². The number of rotatable bonds is 3. The van der Waals surface area contributed by atoms with Crippen molar-refractivity contribution in [1.82, 2.24) is 4.98 Å². The quantitative estimate of drug-likeness (QED) is 0.898. The van der Waals surface area contributed by atoms with Gasteiger partial charge in [-0.2, -0.15) is 0 Å². The summed E-state index contributed by atoms with van der Waals surface area (Å²) in [5.41, 5.74) is 7.87. The monoisotopic (exact) mass is 337 g/mol. The van der Waals surface area contributed by atoms with Crippen LogP contribution in [0.2, 0.25) is 0 Å². The number of carbonyl (C=O) groups excluding carboxylic acids is 1. The van der Waals surface area contributed by atoms with E-state index in [1.807, 2.05) is 25.1 Å². The lowest BCUT2D eigenvalue weighted by Gasteiger charge is -2.31. The van der Waals surface area contributed by atoms with E-state index in [2.05, 4.69) is 10.3 Å². The molecule has 0 spiro atoms. The number of aryl methyl sites for hydroxylation is 1. The van der Waals surface area contributed by atoms with E-state index in [1.165, 1.54) is 6.26 Å². The summed E-state index contributed by atoms with van der Waals surface area (Å²) in [6, 6.07) is 5.62. The van der Waals surface area contributed by atoms with Gasteiger partial charge in [-0.15, -0.1) is 12.4 Å². The van der Waals surface area contributed by atoms with Crippen molar-refractivity contribution in [2.24, 2.45) is 5.73 Å². The summed E-state index contributed by atoms with van der Waals surface area (Å²) in [5.74, 6) is 0.347. The van der Waals surface area contributed by atoms with Crippen molar-refractivity contribution in [3.8, 4) is 11.5 Å².